The van der Waals surface area contributed by atoms with Crippen molar-refractivity contribution in [2.75, 3.05) is 40.2 Å². The minimum atomic E-state index is -0.702. The summed E-state index contributed by atoms with van der Waals surface area (Å²) in [4.78, 5) is 36.1. The molecule has 3 heterocycles. The molecule has 11 heteroatoms. The fourth-order valence-electron chi connectivity index (χ4n) is 4.70. The number of methoxy groups -OCH3 is 2. The summed E-state index contributed by atoms with van der Waals surface area (Å²) in [7, 11) is 7.00. The second-order valence-corrected chi connectivity index (χ2v) is 11.1. The van der Waals surface area contributed by atoms with Gasteiger partial charge in [-0.1, -0.05) is 19.9 Å². The lowest BCUT2D eigenvalue weighted by atomic mass is 10.0. The van der Waals surface area contributed by atoms with Gasteiger partial charge in [0, 0.05) is 65.5 Å². The van der Waals surface area contributed by atoms with Gasteiger partial charge in [0.25, 0.3) is 0 Å². The quantitative estimate of drug-likeness (QED) is 0.165. The van der Waals surface area contributed by atoms with Crippen LogP contribution in [0.4, 0.5) is 5.69 Å². The van der Waals surface area contributed by atoms with Crippen molar-refractivity contribution in [3.05, 3.63) is 67.1 Å². The lowest BCUT2D eigenvalue weighted by molar-refractivity contribution is -0.149. The van der Waals surface area contributed by atoms with Gasteiger partial charge in [-0.2, -0.15) is 0 Å². The fraction of sp³-hybridized carbons (Fsp3) is 0.333. The van der Waals surface area contributed by atoms with E-state index in [9.17, 15) is 9.59 Å². The van der Waals surface area contributed by atoms with Crippen molar-refractivity contribution in [3.8, 4) is 33.9 Å². The van der Waals surface area contributed by atoms with Gasteiger partial charge in [0.1, 0.15) is 17.4 Å². The van der Waals surface area contributed by atoms with Gasteiger partial charge >= 0.3 is 5.97 Å². The Labute approximate surface area is 257 Å². The maximum atomic E-state index is 12.6. The van der Waals surface area contributed by atoms with Crippen LogP contribution in [0.5, 0.6) is 11.6 Å². The summed E-state index contributed by atoms with van der Waals surface area (Å²) in [6.45, 7) is 4.61. The smallest absolute Gasteiger partial charge is 0.324 e. The molecule has 0 aliphatic rings. The third-order valence-electron chi connectivity index (χ3n) is 6.83. The molecule has 0 spiro atoms. The average Bonchev–Trinajstić information content (AvgIpc) is 3.37. The van der Waals surface area contributed by atoms with Gasteiger partial charge in [0.05, 0.1) is 14.2 Å². The fourth-order valence-corrected chi connectivity index (χ4v) is 4.70. The SMILES string of the molecule is COc1cc(NC(=O)/C=C/CN(C)C)cc(-c2cnc3c(c2)c(-c2ccnc(OC)c2)cn3COC(=O)[C@@H](N)CC(C)C)c1. The molecule has 0 unspecified atom stereocenters. The van der Waals surface area contributed by atoms with Gasteiger partial charge in [0.15, 0.2) is 6.73 Å². The van der Waals surface area contributed by atoms with Crippen molar-refractivity contribution in [3.63, 3.8) is 0 Å². The number of nitrogens with zero attached hydrogens (tertiary/aromatic N) is 4. The molecule has 11 nitrogen and oxygen atoms in total. The molecule has 0 bridgehead atoms. The lowest BCUT2D eigenvalue weighted by Gasteiger charge is -2.14. The summed E-state index contributed by atoms with van der Waals surface area (Å²) in [6.07, 6.45) is 9.12. The van der Waals surface area contributed by atoms with Gasteiger partial charge in [-0.15, -0.1) is 0 Å². The molecular formula is C33H40N6O5. The minimum absolute atomic E-state index is 0.0492. The van der Waals surface area contributed by atoms with E-state index in [4.69, 9.17) is 24.9 Å². The first kappa shape index (κ1) is 32.2. The summed E-state index contributed by atoms with van der Waals surface area (Å²) >= 11 is 0. The molecule has 0 fully saturated rings. The second-order valence-electron chi connectivity index (χ2n) is 11.1. The van der Waals surface area contributed by atoms with Crippen molar-refractivity contribution in [2.45, 2.75) is 33.0 Å². The molecule has 1 atom stereocenters. The van der Waals surface area contributed by atoms with Crippen LogP contribution in [-0.4, -0.2) is 72.2 Å². The summed E-state index contributed by atoms with van der Waals surface area (Å²) in [5.74, 6) is 0.603. The standard InChI is InChI=1S/C33H40N6O5/c1-21(2)12-29(34)33(41)44-20-39-19-28(22-9-10-35-31(16-22)43-6)27-15-24(18-36-32(27)39)23-13-25(17-26(14-23)42-5)37-30(40)8-7-11-38(3)4/h7-10,13-19,21,29H,11-12,20,34H2,1-6H3,(H,37,40)/b8-7+/t29-/m0/s1. The Kier molecular flexibility index (Phi) is 10.7. The Hall–Kier alpha value is -4.74. The van der Waals surface area contributed by atoms with Gasteiger partial charge in [-0.3, -0.25) is 14.2 Å². The van der Waals surface area contributed by atoms with E-state index in [0.717, 1.165) is 27.6 Å². The number of hydrogen-bond donors (Lipinski definition) is 2. The van der Waals surface area contributed by atoms with Crippen LogP contribution in [0, 0.1) is 5.92 Å². The van der Waals surface area contributed by atoms with E-state index in [1.54, 1.807) is 43.3 Å². The molecule has 0 saturated heterocycles. The molecule has 232 valence electrons. The first-order valence-electron chi connectivity index (χ1n) is 14.3. The Morgan fingerprint density at radius 1 is 1.05 bits per heavy atom. The van der Waals surface area contributed by atoms with Crippen LogP contribution >= 0.6 is 0 Å². The predicted molar refractivity (Wildman–Crippen MR) is 171 cm³/mol. The minimum Gasteiger partial charge on any atom is -0.497 e. The largest absolute Gasteiger partial charge is 0.497 e. The zero-order chi connectivity index (χ0) is 31.8. The van der Waals surface area contributed by atoms with E-state index in [2.05, 4.69) is 10.3 Å². The number of amides is 1. The number of carbonyl (C=O) groups excluding carboxylic acids is 2. The second kappa shape index (κ2) is 14.6. The molecule has 0 saturated carbocycles. The van der Waals surface area contributed by atoms with E-state index in [1.165, 1.54) is 6.08 Å². The van der Waals surface area contributed by atoms with Crippen molar-refractivity contribution >= 4 is 28.6 Å². The van der Waals surface area contributed by atoms with Crippen molar-refractivity contribution in [1.29, 1.82) is 0 Å². The van der Waals surface area contributed by atoms with Crippen LogP contribution in [0.1, 0.15) is 20.3 Å². The number of hydrogen-bond acceptors (Lipinski definition) is 9. The number of nitrogens with two attached hydrogens (primary N) is 1. The monoisotopic (exact) mass is 600 g/mol. The predicted octanol–water partition coefficient (Wildman–Crippen LogP) is 4.71. The number of benzene rings is 1. The number of rotatable bonds is 13. The Balaban J connectivity index is 1.73. The van der Waals surface area contributed by atoms with Crippen LogP contribution in [0.2, 0.25) is 0 Å². The maximum absolute atomic E-state index is 12.6. The number of esters is 1. The van der Waals surface area contributed by atoms with E-state index >= 15 is 0 Å². The number of anilines is 1. The van der Waals surface area contributed by atoms with E-state index in [0.29, 0.717) is 35.9 Å². The third kappa shape index (κ3) is 8.21. The van der Waals surface area contributed by atoms with Crippen LogP contribution in [0.15, 0.2) is 67.1 Å². The molecule has 44 heavy (non-hydrogen) atoms. The highest BCUT2D eigenvalue weighted by Gasteiger charge is 2.19. The highest BCUT2D eigenvalue weighted by atomic mass is 16.5. The van der Waals surface area contributed by atoms with Crippen LogP contribution < -0.4 is 20.5 Å². The number of carbonyl (C=O) groups is 2. The first-order chi connectivity index (χ1) is 21.1. The van der Waals surface area contributed by atoms with Gasteiger partial charge in [-0.25, -0.2) is 9.97 Å². The Bertz CT molecular complexity index is 1650. The number of fused-ring (bicyclic) bond motifs is 1. The summed E-state index contributed by atoms with van der Waals surface area (Å²) in [6, 6.07) is 10.5. The molecule has 3 N–H and O–H groups in total. The molecule has 4 aromatic rings. The molecular weight excluding hydrogens is 560 g/mol. The number of pyridine rings is 2. The van der Waals surface area contributed by atoms with Gasteiger partial charge in [-0.05, 0) is 61.8 Å². The molecule has 3 aromatic heterocycles. The summed E-state index contributed by atoms with van der Waals surface area (Å²) in [5, 5.41) is 3.73. The maximum Gasteiger partial charge on any atom is 0.324 e. The van der Waals surface area contributed by atoms with Crippen LogP contribution in [0.25, 0.3) is 33.3 Å². The zero-order valence-electron chi connectivity index (χ0n) is 26.0. The number of ether oxygens (including phenoxy) is 3. The first-order valence-corrected chi connectivity index (χ1v) is 14.3. The highest BCUT2D eigenvalue weighted by molar-refractivity contribution is 6.00. The molecule has 0 aliphatic carbocycles. The Morgan fingerprint density at radius 3 is 2.55 bits per heavy atom. The van der Waals surface area contributed by atoms with Crippen molar-refractivity contribution in [2.24, 2.45) is 11.7 Å². The summed E-state index contributed by atoms with van der Waals surface area (Å²) < 4.78 is 18.3. The summed E-state index contributed by atoms with van der Waals surface area (Å²) in [5.41, 5.74) is 10.5. The molecule has 4 rings (SSSR count). The van der Waals surface area contributed by atoms with Crippen molar-refractivity contribution in [1.82, 2.24) is 19.4 Å². The molecule has 1 amide bonds. The highest BCUT2D eigenvalue weighted by Crippen LogP contribution is 2.35. The topological polar surface area (TPSA) is 134 Å². The lowest BCUT2D eigenvalue weighted by Crippen LogP contribution is -2.33. The van der Waals surface area contributed by atoms with Crippen molar-refractivity contribution < 1.29 is 23.8 Å². The molecule has 1 aromatic carbocycles. The van der Waals surface area contributed by atoms with Crippen LogP contribution in [0.3, 0.4) is 0 Å². The normalized spacial score (nSPS) is 12.2. The number of aromatic nitrogens is 3. The van der Waals surface area contributed by atoms with E-state index in [1.807, 2.05) is 69.4 Å². The van der Waals surface area contributed by atoms with Gasteiger partial charge in [0.2, 0.25) is 11.8 Å². The Morgan fingerprint density at radius 2 is 1.84 bits per heavy atom. The number of likely N-dealkylation sites (N-methyl/N-ethyl adjacent to an activating group) is 1. The average molecular weight is 601 g/mol. The van der Waals surface area contributed by atoms with Crippen LogP contribution in [-0.2, 0) is 21.1 Å². The zero-order valence-corrected chi connectivity index (χ0v) is 26.0. The number of nitrogens with one attached hydrogen (secondary N) is 1. The van der Waals surface area contributed by atoms with E-state index < -0.39 is 12.0 Å². The van der Waals surface area contributed by atoms with Gasteiger partial charge < -0.3 is 30.2 Å². The van der Waals surface area contributed by atoms with E-state index in [-0.39, 0.29) is 18.6 Å². The molecule has 0 radical (unpaired) electrons. The third-order valence-corrected chi connectivity index (χ3v) is 6.83. The molecule has 0 aliphatic heterocycles.